The number of carbonyl (C=O) groups is 1. The van der Waals surface area contributed by atoms with Crippen molar-refractivity contribution in [2.45, 2.75) is 4.90 Å². The number of nitro groups is 1. The van der Waals surface area contributed by atoms with E-state index < -0.39 is 27.4 Å². The van der Waals surface area contributed by atoms with Gasteiger partial charge in [-0.1, -0.05) is 29.8 Å². The van der Waals surface area contributed by atoms with Gasteiger partial charge in [-0.05, 0) is 42.5 Å². The fourth-order valence-corrected chi connectivity index (χ4v) is 4.49. The van der Waals surface area contributed by atoms with Gasteiger partial charge in [0.2, 0.25) is 5.91 Å². The van der Waals surface area contributed by atoms with E-state index in [4.69, 9.17) is 16.3 Å². The summed E-state index contributed by atoms with van der Waals surface area (Å²) in [6, 6.07) is 17.0. The molecule has 0 aromatic heterocycles. The fourth-order valence-electron chi connectivity index (χ4n) is 2.87. The largest absolute Gasteiger partial charge is 0.495 e. The highest BCUT2D eigenvalue weighted by atomic mass is 35.5. The molecule has 0 heterocycles. The molecule has 0 saturated carbocycles. The van der Waals surface area contributed by atoms with Crippen LogP contribution < -0.4 is 14.4 Å². The third kappa shape index (κ3) is 5.16. The molecular formula is C21H18ClN3O6S. The Kier molecular flexibility index (Phi) is 6.96. The predicted octanol–water partition coefficient (Wildman–Crippen LogP) is 4.09. The van der Waals surface area contributed by atoms with Gasteiger partial charge in [0.05, 0.1) is 28.3 Å². The van der Waals surface area contributed by atoms with Gasteiger partial charge in [0.25, 0.3) is 15.7 Å². The van der Waals surface area contributed by atoms with Gasteiger partial charge >= 0.3 is 0 Å². The number of amides is 1. The number of sulfonamides is 1. The van der Waals surface area contributed by atoms with E-state index in [1.807, 2.05) is 0 Å². The molecule has 3 rings (SSSR count). The zero-order valence-corrected chi connectivity index (χ0v) is 18.3. The number of nitrogens with one attached hydrogen (secondary N) is 1. The standard InChI is InChI=1S/C21H18ClN3O6S/c1-31-20-12-7-15(22)13-19(20)23-21(26)14-24(16-8-10-17(11-9-16)25(27)28)32(29,30)18-5-3-2-4-6-18/h2-13H,14H2,1H3,(H,23,26). The number of non-ortho nitro benzene ring substituents is 1. The van der Waals surface area contributed by atoms with E-state index in [0.717, 1.165) is 4.31 Å². The molecule has 1 amide bonds. The highest BCUT2D eigenvalue weighted by Crippen LogP contribution is 2.29. The van der Waals surface area contributed by atoms with Crippen LogP contribution in [0.4, 0.5) is 17.1 Å². The summed E-state index contributed by atoms with van der Waals surface area (Å²) in [5.74, 6) is -0.320. The Hall–Kier alpha value is -3.63. The summed E-state index contributed by atoms with van der Waals surface area (Å²) in [4.78, 5) is 23.1. The van der Waals surface area contributed by atoms with Crippen LogP contribution in [0.5, 0.6) is 5.75 Å². The van der Waals surface area contributed by atoms with Gasteiger partial charge in [-0.2, -0.15) is 0 Å². The summed E-state index contributed by atoms with van der Waals surface area (Å²) in [5, 5.41) is 13.9. The lowest BCUT2D eigenvalue weighted by molar-refractivity contribution is -0.384. The SMILES string of the molecule is COc1ccc(Cl)cc1NC(=O)CN(c1ccc([N+](=O)[O-])cc1)S(=O)(=O)c1ccccc1. The Morgan fingerprint density at radius 3 is 2.34 bits per heavy atom. The Morgan fingerprint density at radius 1 is 1.09 bits per heavy atom. The van der Waals surface area contributed by atoms with Crippen molar-refractivity contribution in [1.29, 1.82) is 0 Å². The number of nitrogens with zero attached hydrogens (tertiary/aromatic N) is 2. The van der Waals surface area contributed by atoms with E-state index in [0.29, 0.717) is 10.8 Å². The number of anilines is 2. The maximum Gasteiger partial charge on any atom is 0.269 e. The Labute approximate surface area is 189 Å². The first-order chi connectivity index (χ1) is 15.2. The molecule has 0 atom stereocenters. The van der Waals surface area contributed by atoms with Crippen molar-refractivity contribution in [2.75, 3.05) is 23.3 Å². The Bertz CT molecular complexity index is 1230. The average Bonchev–Trinajstić information content (AvgIpc) is 2.78. The summed E-state index contributed by atoms with van der Waals surface area (Å²) in [6.07, 6.45) is 0. The minimum atomic E-state index is -4.15. The van der Waals surface area contributed by atoms with Crippen molar-refractivity contribution in [2.24, 2.45) is 0 Å². The molecule has 0 spiro atoms. The van der Waals surface area contributed by atoms with Gasteiger partial charge in [0.15, 0.2) is 0 Å². The number of hydrogen-bond donors (Lipinski definition) is 1. The zero-order chi connectivity index (χ0) is 23.3. The molecule has 0 aliphatic carbocycles. The van der Waals surface area contributed by atoms with Gasteiger partial charge in [-0.15, -0.1) is 0 Å². The van der Waals surface area contributed by atoms with Crippen molar-refractivity contribution in [3.63, 3.8) is 0 Å². The summed E-state index contributed by atoms with van der Waals surface area (Å²) in [7, 11) is -2.73. The van der Waals surface area contributed by atoms with Crippen LogP contribution in [0.2, 0.25) is 5.02 Å². The molecule has 32 heavy (non-hydrogen) atoms. The molecule has 3 aromatic rings. The second kappa shape index (κ2) is 9.67. The highest BCUT2D eigenvalue weighted by molar-refractivity contribution is 7.92. The van der Waals surface area contributed by atoms with Crippen molar-refractivity contribution in [3.05, 3.63) is 87.9 Å². The molecule has 11 heteroatoms. The van der Waals surface area contributed by atoms with Crippen LogP contribution in [0, 0.1) is 10.1 Å². The summed E-state index contributed by atoms with van der Waals surface area (Å²) < 4.78 is 32.6. The van der Waals surface area contributed by atoms with Crippen LogP contribution in [0.3, 0.4) is 0 Å². The smallest absolute Gasteiger partial charge is 0.269 e. The zero-order valence-electron chi connectivity index (χ0n) is 16.8. The number of methoxy groups -OCH3 is 1. The normalized spacial score (nSPS) is 10.9. The Balaban J connectivity index is 1.97. The second-order valence-corrected chi connectivity index (χ2v) is 8.79. The summed E-state index contributed by atoms with van der Waals surface area (Å²) >= 11 is 5.98. The fraction of sp³-hybridized carbons (Fsp3) is 0.0952. The van der Waals surface area contributed by atoms with Gasteiger partial charge in [0, 0.05) is 17.2 Å². The van der Waals surface area contributed by atoms with E-state index in [9.17, 15) is 23.3 Å². The monoisotopic (exact) mass is 475 g/mol. The highest BCUT2D eigenvalue weighted by Gasteiger charge is 2.28. The van der Waals surface area contributed by atoms with E-state index in [-0.39, 0.29) is 22.0 Å². The van der Waals surface area contributed by atoms with Crippen molar-refractivity contribution in [3.8, 4) is 5.75 Å². The van der Waals surface area contributed by atoms with Gasteiger partial charge < -0.3 is 10.1 Å². The van der Waals surface area contributed by atoms with Crippen LogP contribution in [0.25, 0.3) is 0 Å². The molecule has 0 radical (unpaired) electrons. The van der Waals surface area contributed by atoms with Gasteiger partial charge in [0.1, 0.15) is 12.3 Å². The van der Waals surface area contributed by atoms with E-state index in [1.165, 1.54) is 49.6 Å². The Morgan fingerprint density at radius 2 is 1.75 bits per heavy atom. The number of carbonyl (C=O) groups excluding carboxylic acids is 1. The molecular weight excluding hydrogens is 458 g/mol. The molecule has 166 valence electrons. The number of rotatable bonds is 8. The van der Waals surface area contributed by atoms with Crippen molar-refractivity contribution < 1.29 is 22.9 Å². The molecule has 1 N–H and O–H groups in total. The van der Waals surface area contributed by atoms with Crippen LogP contribution in [-0.2, 0) is 14.8 Å². The first-order valence-corrected chi connectivity index (χ1v) is 11.0. The lowest BCUT2D eigenvalue weighted by atomic mass is 10.2. The van der Waals surface area contributed by atoms with Crippen LogP contribution in [0.1, 0.15) is 0 Å². The van der Waals surface area contributed by atoms with Gasteiger partial charge in [-0.25, -0.2) is 8.42 Å². The number of halogens is 1. The van der Waals surface area contributed by atoms with E-state index in [1.54, 1.807) is 30.3 Å². The van der Waals surface area contributed by atoms with E-state index >= 15 is 0 Å². The maximum absolute atomic E-state index is 13.3. The topological polar surface area (TPSA) is 119 Å². The number of nitro benzene ring substituents is 1. The lowest BCUT2D eigenvalue weighted by Crippen LogP contribution is -2.38. The van der Waals surface area contributed by atoms with E-state index in [2.05, 4.69) is 5.32 Å². The third-order valence-electron chi connectivity index (χ3n) is 4.40. The van der Waals surface area contributed by atoms with Gasteiger partial charge in [-0.3, -0.25) is 19.2 Å². The third-order valence-corrected chi connectivity index (χ3v) is 6.43. The first-order valence-electron chi connectivity index (χ1n) is 9.18. The molecule has 0 unspecified atom stereocenters. The lowest BCUT2D eigenvalue weighted by Gasteiger charge is -2.24. The predicted molar refractivity (Wildman–Crippen MR) is 121 cm³/mol. The van der Waals surface area contributed by atoms with Crippen molar-refractivity contribution >= 4 is 44.6 Å². The molecule has 0 saturated heterocycles. The quantitative estimate of drug-likeness (QED) is 0.387. The maximum atomic E-state index is 13.3. The molecule has 9 nitrogen and oxygen atoms in total. The van der Waals surface area contributed by atoms with Crippen LogP contribution in [-0.4, -0.2) is 32.9 Å². The molecule has 0 bridgehead atoms. The minimum absolute atomic E-state index is 0.0357. The summed E-state index contributed by atoms with van der Waals surface area (Å²) in [6.45, 7) is -0.593. The first kappa shape index (κ1) is 23.0. The number of benzene rings is 3. The second-order valence-electron chi connectivity index (χ2n) is 6.49. The number of hydrogen-bond acceptors (Lipinski definition) is 6. The van der Waals surface area contributed by atoms with Crippen molar-refractivity contribution in [1.82, 2.24) is 0 Å². The van der Waals surface area contributed by atoms with Crippen LogP contribution in [0.15, 0.2) is 77.7 Å². The minimum Gasteiger partial charge on any atom is -0.495 e. The number of ether oxygens (including phenoxy) is 1. The molecule has 0 aliphatic rings. The van der Waals surface area contributed by atoms with Crippen LogP contribution >= 0.6 is 11.6 Å². The molecule has 0 fully saturated rings. The molecule has 0 aliphatic heterocycles. The average molecular weight is 476 g/mol. The summed E-state index contributed by atoms with van der Waals surface area (Å²) in [5.41, 5.74) is 0.150. The molecule has 3 aromatic carbocycles.